The second-order valence-electron chi connectivity index (χ2n) is 8.94. The fourth-order valence-corrected chi connectivity index (χ4v) is 4.19. The summed E-state index contributed by atoms with van der Waals surface area (Å²) in [6, 6.07) is 9.85. The molecule has 2 amide bonds. The molecule has 1 unspecified atom stereocenters. The predicted octanol–water partition coefficient (Wildman–Crippen LogP) is 2.59. The first-order chi connectivity index (χ1) is 16.7. The van der Waals surface area contributed by atoms with Crippen LogP contribution in [0, 0.1) is 17.6 Å². The van der Waals surface area contributed by atoms with Crippen molar-refractivity contribution in [1.29, 1.82) is 0 Å². The van der Waals surface area contributed by atoms with Crippen LogP contribution in [0.5, 0.6) is 0 Å². The SMILES string of the molecule is CC(C)C(NC(=O)c1c(F)cccc1F)C(=O)N1CCN(Cc2nc(N)c3ccccc3n2)CC1. The molecular weight excluding hydrogens is 454 g/mol. The van der Waals surface area contributed by atoms with Crippen LogP contribution in [0.3, 0.4) is 0 Å². The number of fused-ring (bicyclic) bond motifs is 1. The summed E-state index contributed by atoms with van der Waals surface area (Å²) >= 11 is 0. The van der Waals surface area contributed by atoms with Gasteiger partial charge < -0.3 is 16.0 Å². The summed E-state index contributed by atoms with van der Waals surface area (Å²) in [7, 11) is 0. The van der Waals surface area contributed by atoms with Crippen LogP contribution in [0.2, 0.25) is 0 Å². The van der Waals surface area contributed by atoms with Gasteiger partial charge in [0.1, 0.15) is 34.9 Å². The van der Waals surface area contributed by atoms with Crippen LogP contribution >= 0.6 is 0 Å². The van der Waals surface area contributed by atoms with E-state index in [0.29, 0.717) is 44.4 Å². The Hall–Kier alpha value is -3.66. The van der Waals surface area contributed by atoms with Crippen molar-refractivity contribution >= 4 is 28.5 Å². The van der Waals surface area contributed by atoms with Gasteiger partial charge >= 0.3 is 0 Å². The number of halogens is 2. The first-order valence-electron chi connectivity index (χ1n) is 11.5. The molecule has 184 valence electrons. The number of hydrogen-bond donors (Lipinski definition) is 2. The average Bonchev–Trinajstić information content (AvgIpc) is 2.82. The molecule has 1 aliphatic rings. The van der Waals surface area contributed by atoms with Crippen molar-refractivity contribution in [1.82, 2.24) is 25.1 Å². The topological polar surface area (TPSA) is 104 Å². The summed E-state index contributed by atoms with van der Waals surface area (Å²) in [4.78, 5) is 38.6. The van der Waals surface area contributed by atoms with E-state index in [2.05, 4.69) is 20.2 Å². The second-order valence-corrected chi connectivity index (χ2v) is 8.94. The molecule has 35 heavy (non-hydrogen) atoms. The van der Waals surface area contributed by atoms with Crippen LogP contribution in [-0.4, -0.2) is 63.8 Å². The van der Waals surface area contributed by atoms with E-state index in [9.17, 15) is 18.4 Å². The number of aromatic nitrogens is 2. The van der Waals surface area contributed by atoms with E-state index in [1.807, 2.05) is 24.3 Å². The zero-order valence-electron chi connectivity index (χ0n) is 19.7. The quantitative estimate of drug-likeness (QED) is 0.560. The summed E-state index contributed by atoms with van der Waals surface area (Å²) in [5.41, 5.74) is 6.18. The van der Waals surface area contributed by atoms with Crippen LogP contribution in [0.25, 0.3) is 10.9 Å². The highest BCUT2D eigenvalue weighted by Crippen LogP contribution is 2.19. The van der Waals surface area contributed by atoms with E-state index in [-0.39, 0.29) is 11.8 Å². The van der Waals surface area contributed by atoms with E-state index in [1.54, 1.807) is 18.7 Å². The number of carbonyl (C=O) groups is 2. The number of carbonyl (C=O) groups excluding carboxylic acids is 2. The fourth-order valence-electron chi connectivity index (χ4n) is 4.19. The number of nitrogens with two attached hydrogens (primary N) is 1. The number of nitrogens with one attached hydrogen (secondary N) is 1. The number of piperazine rings is 1. The summed E-state index contributed by atoms with van der Waals surface area (Å²) in [6.45, 7) is 6.10. The largest absolute Gasteiger partial charge is 0.383 e. The Morgan fingerprint density at radius 2 is 1.66 bits per heavy atom. The van der Waals surface area contributed by atoms with Gasteiger partial charge in [0.05, 0.1) is 12.1 Å². The maximum atomic E-state index is 14.0. The van der Waals surface area contributed by atoms with Gasteiger partial charge in [0, 0.05) is 31.6 Å². The molecule has 0 aliphatic carbocycles. The Kier molecular flexibility index (Phi) is 7.20. The number of hydrogen-bond acceptors (Lipinski definition) is 6. The molecule has 0 bridgehead atoms. The molecule has 10 heteroatoms. The van der Waals surface area contributed by atoms with Gasteiger partial charge in [-0.3, -0.25) is 14.5 Å². The van der Waals surface area contributed by atoms with Gasteiger partial charge in [0.25, 0.3) is 5.91 Å². The van der Waals surface area contributed by atoms with Crippen molar-refractivity contribution in [2.75, 3.05) is 31.9 Å². The van der Waals surface area contributed by atoms with E-state index in [4.69, 9.17) is 5.73 Å². The van der Waals surface area contributed by atoms with Crippen LogP contribution in [-0.2, 0) is 11.3 Å². The highest BCUT2D eigenvalue weighted by atomic mass is 19.1. The predicted molar refractivity (Wildman–Crippen MR) is 128 cm³/mol. The molecule has 1 fully saturated rings. The van der Waals surface area contributed by atoms with Crippen molar-refractivity contribution < 1.29 is 18.4 Å². The molecule has 0 spiro atoms. The third-order valence-electron chi connectivity index (χ3n) is 6.14. The van der Waals surface area contributed by atoms with Crippen molar-refractivity contribution in [2.24, 2.45) is 5.92 Å². The van der Waals surface area contributed by atoms with Crippen molar-refractivity contribution in [3.8, 4) is 0 Å². The maximum Gasteiger partial charge on any atom is 0.257 e. The fraction of sp³-hybridized carbons (Fsp3) is 0.360. The van der Waals surface area contributed by atoms with Gasteiger partial charge in [-0.15, -0.1) is 0 Å². The first kappa shape index (κ1) is 24.5. The molecule has 0 radical (unpaired) electrons. The van der Waals surface area contributed by atoms with E-state index in [1.165, 1.54) is 6.07 Å². The molecule has 1 aromatic heterocycles. The van der Waals surface area contributed by atoms with Gasteiger partial charge in [-0.1, -0.05) is 32.0 Å². The summed E-state index contributed by atoms with van der Waals surface area (Å²) in [5, 5.41) is 3.34. The Morgan fingerprint density at radius 3 is 2.31 bits per heavy atom. The van der Waals surface area contributed by atoms with Crippen LogP contribution in [0.4, 0.5) is 14.6 Å². The highest BCUT2D eigenvalue weighted by molar-refractivity contribution is 5.98. The standard InChI is InChI=1S/C25H28F2N6O2/c1-15(2)22(31-24(34)21-17(26)7-5-8-18(21)27)25(35)33-12-10-32(11-13-33)14-20-29-19-9-4-3-6-16(19)23(28)30-20/h3-9,15,22H,10-14H2,1-2H3,(H,31,34)(H2,28,29,30). The lowest BCUT2D eigenvalue weighted by molar-refractivity contribution is -0.136. The Morgan fingerprint density at radius 1 is 1.00 bits per heavy atom. The molecule has 1 saturated heterocycles. The molecule has 1 aliphatic heterocycles. The lowest BCUT2D eigenvalue weighted by Crippen LogP contribution is -2.56. The van der Waals surface area contributed by atoms with E-state index in [0.717, 1.165) is 23.0 Å². The van der Waals surface area contributed by atoms with Crippen LogP contribution < -0.4 is 11.1 Å². The molecule has 3 N–H and O–H groups in total. The normalized spacial score (nSPS) is 15.4. The summed E-state index contributed by atoms with van der Waals surface area (Å²) < 4.78 is 28.0. The lowest BCUT2D eigenvalue weighted by Gasteiger charge is -2.37. The van der Waals surface area contributed by atoms with Gasteiger partial charge in [-0.05, 0) is 30.2 Å². The summed E-state index contributed by atoms with van der Waals surface area (Å²) in [6.07, 6.45) is 0. The summed E-state index contributed by atoms with van der Waals surface area (Å²) in [5.74, 6) is -2.40. The Labute approximate surface area is 202 Å². The first-order valence-corrected chi connectivity index (χ1v) is 11.5. The highest BCUT2D eigenvalue weighted by Gasteiger charge is 2.32. The average molecular weight is 483 g/mol. The number of anilines is 1. The minimum atomic E-state index is -0.970. The molecule has 2 heterocycles. The number of nitrogens with zero attached hydrogens (tertiary/aromatic N) is 4. The molecule has 1 atom stereocenters. The zero-order valence-corrected chi connectivity index (χ0v) is 19.7. The van der Waals surface area contributed by atoms with Gasteiger partial charge in [-0.25, -0.2) is 18.7 Å². The third kappa shape index (κ3) is 5.37. The third-order valence-corrected chi connectivity index (χ3v) is 6.14. The molecule has 8 nitrogen and oxygen atoms in total. The molecule has 4 rings (SSSR count). The number of para-hydroxylation sites is 1. The van der Waals surface area contributed by atoms with Crippen LogP contribution in [0.1, 0.15) is 30.0 Å². The van der Waals surface area contributed by atoms with Gasteiger partial charge in [0.15, 0.2) is 0 Å². The van der Waals surface area contributed by atoms with Crippen molar-refractivity contribution in [3.63, 3.8) is 0 Å². The molecular formula is C25H28F2N6O2. The maximum absolute atomic E-state index is 14.0. The molecule has 3 aromatic rings. The molecule has 2 aromatic carbocycles. The van der Waals surface area contributed by atoms with Crippen molar-refractivity contribution in [3.05, 3.63) is 65.5 Å². The zero-order chi connectivity index (χ0) is 25.1. The lowest BCUT2D eigenvalue weighted by atomic mass is 10.0. The number of amides is 2. The minimum Gasteiger partial charge on any atom is -0.383 e. The van der Waals surface area contributed by atoms with E-state index >= 15 is 0 Å². The monoisotopic (exact) mass is 482 g/mol. The Bertz CT molecular complexity index is 1220. The Balaban J connectivity index is 1.38. The number of benzene rings is 2. The van der Waals surface area contributed by atoms with Gasteiger partial charge in [0.2, 0.25) is 5.91 Å². The minimum absolute atomic E-state index is 0.270. The molecule has 0 saturated carbocycles. The van der Waals surface area contributed by atoms with Crippen LogP contribution in [0.15, 0.2) is 42.5 Å². The smallest absolute Gasteiger partial charge is 0.257 e. The second kappa shape index (κ2) is 10.3. The van der Waals surface area contributed by atoms with Crippen molar-refractivity contribution in [2.45, 2.75) is 26.4 Å². The van der Waals surface area contributed by atoms with Gasteiger partial charge in [-0.2, -0.15) is 0 Å². The number of nitrogen functional groups attached to an aromatic ring is 1. The number of rotatable bonds is 6. The van der Waals surface area contributed by atoms with E-state index < -0.39 is 29.1 Å².